The van der Waals surface area contributed by atoms with Crippen molar-refractivity contribution in [3.05, 3.63) is 71.9 Å². The standard InChI is InChI=1S/C27H32FN5O3/c28-24-5-3-22(4-6-24)27-23(13-30-31-27)15-32-16-25(36-19-21-2-1-9-29-12-21)17-33(26(34)18-32)14-20-7-10-35-11-8-20/h1-6,9,12-13,20,25H,7-8,10-11,14-19H2,(H,30,31). The molecule has 8 nitrogen and oxygen atoms in total. The highest BCUT2D eigenvalue weighted by atomic mass is 19.1. The molecule has 0 bridgehead atoms. The van der Waals surface area contributed by atoms with E-state index in [-0.39, 0.29) is 17.8 Å². The number of carbonyl (C=O) groups excluding carboxylic acids is 1. The monoisotopic (exact) mass is 493 g/mol. The number of benzene rings is 1. The van der Waals surface area contributed by atoms with Crippen molar-refractivity contribution in [3.8, 4) is 11.3 Å². The number of aromatic amines is 1. The molecule has 2 fully saturated rings. The van der Waals surface area contributed by atoms with Crippen LogP contribution in [0.1, 0.15) is 24.0 Å². The lowest BCUT2D eigenvalue weighted by atomic mass is 9.99. The molecule has 0 spiro atoms. The van der Waals surface area contributed by atoms with Crippen LogP contribution in [0.3, 0.4) is 0 Å². The Morgan fingerprint density at radius 2 is 1.94 bits per heavy atom. The van der Waals surface area contributed by atoms with Crippen molar-refractivity contribution >= 4 is 5.91 Å². The Balaban J connectivity index is 1.31. The number of hydrogen-bond acceptors (Lipinski definition) is 6. The molecule has 2 aliphatic heterocycles. The molecule has 1 atom stereocenters. The summed E-state index contributed by atoms with van der Waals surface area (Å²) in [5, 5.41) is 7.26. The molecule has 9 heteroatoms. The van der Waals surface area contributed by atoms with E-state index in [1.54, 1.807) is 30.7 Å². The Labute approximate surface area is 210 Å². The predicted molar refractivity (Wildman–Crippen MR) is 132 cm³/mol. The topological polar surface area (TPSA) is 83.6 Å². The lowest BCUT2D eigenvalue weighted by Crippen LogP contribution is -2.42. The minimum absolute atomic E-state index is 0.112. The van der Waals surface area contributed by atoms with Crippen LogP contribution in [0.4, 0.5) is 4.39 Å². The molecule has 1 aromatic carbocycles. The van der Waals surface area contributed by atoms with Gasteiger partial charge in [0.15, 0.2) is 0 Å². The van der Waals surface area contributed by atoms with Gasteiger partial charge in [-0.05, 0) is 54.7 Å². The van der Waals surface area contributed by atoms with Crippen molar-refractivity contribution in [2.24, 2.45) is 5.92 Å². The molecular formula is C27H32FN5O3. The molecule has 2 aliphatic rings. The lowest BCUT2D eigenvalue weighted by Gasteiger charge is -2.30. The second kappa shape index (κ2) is 11.7. The average Bonchev–Trinajstić information content (AvgIpc) is 3.30. The van der Waals surface area contributed by atoms with Gasteiger partial charge in [-0.2, -0.15) is 5.10 Å². The first-order valence-electron chi connectivity index (χ1n) is 12.5. The van der Waals surface area contributed by atoms with Gasteiger partial charge in [-0.1, -0.05) is 6.07 Å². The second-order valence-electron chi connectivity index (χ2n) is 9.60. The van der Waals surface area contributed by atoms with Crippen LogP contribution in [0.25, 0.3) is 11.3 Å². The number of nitrogens with one attached hydrogen (secondary N) is 1. The first kappa shape index (κ1) is 24.5. The fourth-order valence-corrected chi connectivity index (χ4v) is 4.93. The Bertz CT molecular complexity index is 1120. The van der Waals surface area contributed by atoms with E-state index < -0.39 is 0 Å². The Morgan fingerprint density at radius 1 is 1.11 bits per heavy atom. The van der Waals surface area contributed by atoms with E-state index in [0.29, 0.717) is 38.7 Å². The van der Waals surface area contributed by atoms with Crippen LogP contribution >= 0.6 is 0 Å². The van der Waals surface area contributed by atoms with Crippen LogP contribution < -0.4 is 0 Å². The molecule has 1 amide bonds. The summed E-state index contributed by atoms with van der Waals surface area (Å²) < 4.78 is 25.3. The second-order valence-corrected chi connectivity index (χ2v) is 9.60. The summed E-state index contributed by atoms with van der Waals surface area (Å²) in [6, 6.07) is 10.2. The van der Waals surface area contributed by atoms with Crippen LogP contribution in [0.2, 0.25) is 0 Å². The van der Waals surface area contributed by atoms with Crippen LogP contribution in [0.15, 0.2) is 55.0 Å². The number of amides is 1. The quantitative estimate of drug-likeness (QED) is 0.519. The molecule has 36 heavy (non-hydrogen) atoms. The molecule has 4 heterocycles. The lowest BCUT2D eigenvalue weighted by molar-refractivity contribution is -0.133. The average molecular weight is 494 g/mol. The molecule has 190 valence electrons. The van der Waals surface area contributed by atoms with E-state index >= 15 is 0 Å². The highest BCUT2D eigenvalue weighted by molar-refractivity contribution is 5.78. The molecule has 0 radical (unpaired) electrons. The highest BCUT2D eigenvalue weighted by Crippen LogP contribution is 2.24. The molecule has 5 rings (SSSR count). The molecule has 1 unspecified atom stereocenters. The van der Waals surface area contributed by atoms with Gasteiger partial charge in [0.1, 0.15) is 5.82 Å². The summed E-state index contributed by atoms with van der Waals surface area (Å²) in [7, 11) is 0. The number of ether oxygens (including phenoxy) is 2. The third-order valence-electron chi connectivity index (χ3n) is 6.87. The van der Waals surface area contributed by atoms with Gasteiger partial charge in [-0.15, -0.1) is 0 Å². The Kier molecular flexibility index (Phi) is 8.00. The summed E-state index contributed by atoms with van der Waals surface area (Å²) >= 11 is 0. The number of H-pyrrole nitrogens is 1. The zero-order valence-electron chi connectivity index (χ0n) is 20.3. The zero-order valence-corrected chi connectivity index (χ0v) is 20.3. The van der Waals surface area contributed by atoms with E-state index in [1.807, 2.05) is 17.0 Å². The van der Waals surface area contributed by atoms with Gasteiger partial charge in [0.05, 0.1) is 31.1 Å². The Morgan fingerprint density at radius 3 is 2.72 bits per heavy atom. The smallest absolute Gasteiger partial charge is 0.236 e. The minimum Gasteiger partial charge on any atom is -0.381 e. The SMILES string of the molecule is O=C1CN(Cc2cn[nH]c2-c2ccc(F)cc2)CC(OCc2cccnc2)CN1CC1CCOCC1. The molecule has 3 aromatic rings. The summed E-state index contributed by atoms with van der Waals surface area (Å²) in [5.74, 6) is 0.282. The largest absolute Gasteiger partial charge is 0.381 e. The zero-order chi connectivity index (χ0) is 24.7. The van der Waals surface area contributed by atoms with Gasteiger partial charge >= 0.3 is 0 Å². The third kappa shape index (κ3) is 6.34. The summed E-state index contributed by atoms with van der Waals surface area (Å²) in [6.07, 6.45) is 7.14. The van der Waals surface area contributed by atoms with Crippen molar-refractivity contribution < 1.29 is 18.7 Å². The van der Waals surface area contributed by atoms with E-state index in [0.717, 1.165) is 55.0 Å². The fraction of sp³-hybridized carbons (Fsp3) is 0.444. The minimum atomic E-state index is -0.281. The molecule has 2 aromatic heterocycles. The highest BCUT2D eigenvalue weighted by Gasteiger charge is 2.31. The third-order valence-corrected chi connectivity index (χ3v) is 6.87. The fourth-order valence-electron chi connectivity index (χ4n) is 4.93. The van der Waals surface area contributed by atoms with E-state index in [9.17, 15) is 9.18 Å². The first-order valence-corrected chi connectivity index (χ1v) is 12.5. The number of halogens is 1. The van der Waals surface area contributed by atoms with Gasteiger partial charge in [-0.3, -0.25) is 19.8 Å². The summed E-state index contributed by atoms with van der Waals surface area (Å²) in [4.78, 5) is 21.6. The number of nitrogens with zero attached hydrogens (tertiary/aromatic N) is 4. The van der Waals surface area contributed by atoms with Crippen molar-refractivity contribution in [1.82, 2.24) is 25.0 Å². The van der Waals surface area contributed by atoms with Gasteiger partial charge in [-0.25, -0.2) is 4.39 Å². The maximum absolute atomic E-state index is 13.4. The van der Waals surface area contributed by atoms with Crippen molar-refractivity contribution in [3.63, 3.8) is 0 Å². The van der Waals surface area contributed by atoms with Crippen LogP contribution in [-0.2, 0) is 27.4 Å². The molecular weight excluding hydrogens is 461 g/mol. The number of rotatable bonds is 8. The summed E-state index contributed by atoms with van der Waals surface area (Å²) in [5.41, 5.74) is 3.65. The van der Waals surface area contributed by atoms with Gasteiger partial charge in [0, 0.05) is 62.9 Å². The van der Waals surface area contributed by atoms with Gasteiger partial charge in [0.2, 0.25) is 5.91 Å². The number of hydrogen-bond donors (Lipinski definition) is 1. The van der Waals surface area contributed by atoms with Crippen LogP contribution in [0, 0.1) is 11.7 Å². The Hall–Kier alpha value is -3.14. The van der Waals surface area contributed by atoms with E-state index in [1.165, 1.54) is 12.1 Å². The van der Waals surface area contributed by atoms with E-state index in [2.05, 4.69) is 20.1 Å². The molecule has 0 saturated carbocycles. The maximum atomic E-state index is 13.4. The normalized spacial score (nSPS) is 20.0. The van der Waals surface area contributed by atoms with E-state index in [4.69, 9.17) is 9.47 Å². The number of carbonyl (C=O) groups is 1. The molecule has 0 aliphatic carbocycles. The number of pyridine rings is 1. The van der Waals surface area contributed by atoms with Crippen molar-refractivity contribution in [1.29, 1.82) is 0 Å². The number of aromatic nitrogens is 3. The first-order chi connectivity index (χ1) is 17.6. The van der Waals surface area contributed by atoms with Crippen LogP contribution in [-0.4, -0.2) is 76.4 Å². The van der Waals surface area contributed by atoms with Gasteiger partial charge in [0.25, 0.3) is 0 Å². The van der Waals surface area contributed by atoms with Crippen LogP contribution in [0.5, 0.6) is 0 Å². The predicted octanol–water partition coefficient (Wildman–Crippen LogP) is 3.27. The maximum Gasteiger partial charge on any atom is 0.236 e. The summed E-state index contributed by atoms with van der Waals surface area (Å²) in [6.45, 7) is 4.70. The molecule has 2 saturated heterocycles. The van der Waals surface area contributed by atoms with Crippen molar-refractivity contribution in [2.45, 2.75) is 32.1 Å². The molecule has 1 N–H and O–H groups in total. The van der Waals surface area contributed by atoms with Crippen molar-refractivity contribution in [2.75, 3.05) is 39.4 Å². The van der Waals surface area contributed by atoms with Gasteiger partial charge < -0.3 is 14.4 Å².